The van der Waals surface area contributed by atoms with E-state index in [0.29, 0.717) is 28.2 Å². The van der Waals surface area contributed by atoms with E-state index in [0.717, 1.165) is 16.9 Å². The maximum atomic E-state index is 9.84. The highest BCUT2D eigenvalue weighted by Gasteiger charge is 2.38. The number of para-hydroxylation sites is 1. The third-order valence-electron chi connectivity index (χ3n) is 5.39. The number of allylic oxidation sites excluding steroid dienone is 1. The molecular weight excluding hydrogens is 440 g/mol. The van der Waals surface area contributed by atoms with Crippen molar-refractivity contribution in [3.05, 3.63) is 106 Å². The average Bonchev–Trinajstić information content (AvgIpc) is 3.43. The van der Waals surface area contributed by atoms with E-state index in [1.54, 1.807) is 28.9 Å². The fourth-order valence-corrected chi connectivity index (χ4v) is 3.98. The molecule has 5 rings (SSSR count). The van der Waals surface area contributed by atoms with Crippen molar-refractivity contribution in [3.63, 3.8) is 0 Å². The lowest BCUT2D eigenvalue weighted by Gasteiger charge is -2.23. The molecular formula is C25H19ClN4O3. The van der Waals surface area contributed by atoms with Crippen LogP contribution in [0.1, 0.15) is 28.7 Å². The summed E-state index contributed by atoms with van der Waals surface area (Å²) >= 11 is 5.92. The number of fused-ring (bicyclic) bond motifs is 1. The van der Waals surface area contributed by atoms with Crippen LogP contribution in [0.3, 0.4) is 0 Å². The molecule has 164 valence electrons. The molecule has 0 aliphatic carbocycles. The molecule has 0 radical (unpaired) electrons. The Morgan fingerprint density at radius 1 is 1.12 bits per heavy atom. The van der Waals surface area contributed by atoms with Gasteiger partial charge in [-0.05, 0) is 55.5 Å². The summed E-state index contributed by atoms with van der Waals surface area (Å²) in [5.74, 6) is 1.80. The van der Waals surface area contributed by atoms with Crippen molar-refractivity contribution in [2.45, 2.75) is 19.4 Å². The first-order valence-corrected chi connectivity index (χ1v) is 10.6. The Kier molecular flexibility index (Phi) is 5.29. The molecule has 2 aromatic heterocycles. The fourth-order valence-electron chi connectivity index (χ4n) is 3.86. The lowest BCUT2D eigenvalue weighted by atomic mass is 9.88. The van der Waals surface area contributed by atoms with Gasteiger partial charge >= 0.3 is 0 Å². The van der Waals surface area contributed by atoms with Crippen LogP contribution in [0.25, 0.3) is 5.69 Å². The second kappa shape index (κ2) is 8.41. The normalized spacial score (nSPS) is 15.0. The van der Waals surface area contributed by atoms with Crippen LogP contribution < -0.4 is 15.2 Å². The Morgan fingerprint density at radius 2 is 1.88 bits per heavy atom. The topological polar surface area (TPSA) is 99.2 Å². The molecule has 3 heterocycles. The van der Waals surface area contributed by atoms with Crippen LogP contribution in [0.5, 0.6) is 11.6 Å². The van der Waals surface area contributed by atoms with Gasteiger partial charge in [0.25, 0.3) is 0 Å². The van der Waals surface area contributed by atoms with Crippen LogP contribution in [0.4, 0.5) is 0 Å². The molecule has 7 nitrogen and oxygen atoms in total. The average molecular weight is 459 g/mol. The molecule has 2 aromatic carbocycles. The largest absolute Gasteiger partial charge is 0.486 e. The van der Waals surface area contributed by atoms with Crippen LogP contribution in [0, 0.1) is 18.3 Å². The number of hydrogen-bond donors (Lipinski definition) is 1. The van der Waals surface area contributed by atoms with Crippen molar-refractivity contribution in [1.29, 1.82) is 5.26 Å². The SMILES string of the molecule is Cc1nn(-c2ccccc2)c2c1C(c1ccc(COc3ccc(Cl)cc3)o1)C(C#N)=C(N)O2. The summed E-state index contributed by atoms with van der Waals surface area (Å²) in [6, 6.07) is 22.5. The molecule has 33 heavy (non-hydrogen) atoms. The second-order valence-electron chi connectivity index (χ2n) is 7.52. The van der Waals surface area contributed by atoms with Gasteiger partial charge in [-0.15, -0.1) is 0 Å². The summed E-state index contributed by atoms with van der Waals surface area (Å²) < 4.78 is 19.4. The van der Waals surface area contributed by atoms with Crippen molar-refractivity contribution in [2.75, 3.05) is 0 Å². The highest BCUT2D eigenvalue weighted by atomic mass is 35.5. The smallest absolute Gasteiger partial charge is 0.229 e. The number of nitrogens with zero attached hydrogens (tertiary/aromatic N) is 3. The van der Waals surface area contributed by atoms with Crippen LogP contribution >= 0.6 is 11.6 Å². The standard InChI is InChI=1S/C25H19ClN4O3/c1-15-22-23(21-12-11-19(32-21)14-31-18-9-7-16(26)8-10-18)20(13-27)24(28)33-25(22)30(29-15)17-5-3-2-4-6-17/h2-12,23H,14,28H2,1H3. The molecule has 0 amide bonds. The predicted octanol–water partition coefficient (Wildman–Crippen LogP) is 5.22. The van der Waals surface area contributed by atoms with Gasteiger partial charge in [-0.2, -0.15) is 10.4 Å². The number of nitrogens with two attached hydrogens (primary N) is 1. The molecule has 8 heteroatoms. The number of furan rings is 1. The van der Waals surface area contributed by atoms with Gasteiger partial charge in [-0.1, -0.05) is 29.8 Å². The first-order chi connectivity index (χ1) is 16.0. The lowest BCUT2D eigenvalue weighted by molar-refractivity contribution is 0.264. The zero-order valence-corrected chi connectivity index (χ0v) is 18.4. The van der Waals surface area contributed by atoms with Crippen molar-refractivity contribution in [3.8, 4) is 23.4 Å². The molecule has 0 bridgehead atoms. The molecule has 0 spiro atoms. The van der Waals surface area contributed by atoms with Crippen LogP contribution in [-0.2, 0) is 6.61 Å². The first kappa shape index (κ1) is 20.7. The van der Waals surface area contributed by atoms with Gasteiger partial charge in [0.05, 0.1) is 22.9 Å². The van der Waals surface area contributed by atoms with E-state index in [-0.39, 0.29) is 18.1 Å². The van der Waals surface area contributed by atoms with Gasteiger partial charge < -0.3 is 19.6 Å². The number of aromatic nitrogens is 2. The number of ether oxygens (including phenoxy) is 2. The number of halogens is 1. The molecule has 0 fully saturated rings. The van der Waals surface area contributed by atoms with E-state index in [9.17, 15) is 5.26 Å². The zero-order chi connectivity index (χ0) is 22.9. The molecule has 1 aliphatic rings. The minimum absolute atomic E-state index is 0.0300. The van der Waals surface area contributed by atoms with Crippen molar-refractivity contribution in [2.24, 2.45) is 5.73 Å². The van der Waals surface area contributed by atoms with Crippen LogP contribution in [0.2, 0.25) is 5.02 Å². The van der Waals surface area contributed by atoms with Crippen molar-refractivity contribution >= 4 is 11.6 Å². The Hall–Kier alpha value is -4.15. The first-order valence-electron chi connectivity index (χ1n) is 10.2. The van der Waals surface area contributed by atoms with E-state index >= 15 is 0 Å². The van der Waals surface area contributed by atoms with Gasteiger partial charge in [-0.3, -0.25) is 0 Å². The summed E-state index contributed by atoms with van der Waals surface area (Å²) in [6.45, 7) is 2.10. The molecule has 0 saturated carbocycles. The molecule has 1 atom stereocenters. The highest BCUT2D eigenvalue weighted by molar-refractivity contribution is 6.30. The highest BCUT2D eigenvalue weighted by Crippen LogP contribution is 2.45. The number of nitriles is 1. The van der Waals surface area contributed by atoms with Gasteiger partial charge in [0.1, 0.15) is 35.5 Å². The molecule has 0 saturated heterocycles. The van der Waals surface area contributed by atoms with E-state index < -0.39 is 5.92 Å². The van der Waals surface area contributed by atoms with Crippen LogP contribution in [-0.4, -0.2) is 9.78 Å². The number of aryl methyl sites for hydroxylation is 1. The summed E-state index contributed by atoms with van der Waals surface area (Å²) in [5.41, 5.74) is 8.72. The fraction of sp³-hybridized carbons (Fsp3) is 0.120. The lowest BCUT2D eigenvalue weighted by Crippen LogP contribution is -2.21. The van der Waals surface area contributed by atoms with Crippen molar-refractivity contribution in [1.82, 2.24) is 9.78 Å². The molecule has 2 N–H and O–H groups in total. The van der Waals surface area contributed by atoms with E-state index in [1.165, 1.54) is 0 Å². The Balaban J connectivity index is 1.50. The number of rotatable bonds is 5. The monoisotopic (exact) mass is 458 g/mol. The van der Waals surface area contributed by atoms with E-state index in [1.807, 2.05) is 49.4 Å². The summed E-state index contributed by atoms with van der Waals surface area (Å²) in [4.78, 5) is 0. The van der Waals surface area contributed by atoms with Gasteiger partial charge in [-0.25, -0.2) is 4.68 Å². The minimum Gasteiger partial charge on any atom is -0.486 e. The maximum Gasteiger partial charge on any atom is 0.229 e. The second-order valence-corrected chi connectivity index (χ2v) is 7.96. The number of benzene rings is 2. The van der Waals surface area contributed by atoms with E-state index in [4.69, 9.17) is 31.2 Å². The van der Waals surface area contributed by atoms with E-state index in [2.05, 4.69) is 11.2 Å². The quantitative estimate of drug-likeness (QED) is 0.440. The Labute approximate surface area is 195 Å². The van der Waals surface area contributed by atoms with Crippen LogP contribution in [0.15, 0.2) is 82.6 Å². The van der Waals surface area contributed by atoms with Crippen molar-refractivity contribution < 1.29 is 13.9 Å². The number of hydrogen-bond acceptors (Lipinski definition) is 6. The third kappa shape index (κ3) is 3.81. The molecule has 1 unspecified atom stereocenters. The Bertz CT molecular complexity index is 1380. The Morgan fingerprint density at radius 3 is 2.61 bits per heavy atom. The molecule has 1 aliphatic heterocycles. The summed E-state index contributed by atoms with van der Waals surface area (Å²) in [7, 11) is 0. The minimum atomic E-state index is -0.541. The summed E-state index contributed by atoms with van der Waals surface area (Å²) in [5, 5.41) is 15.1. The zero-order valence-electron chi connectivity index (χ0n) is 17.7. The summed E-state index contributed by atoms with van der Waals surface area (Å²) in [6.07, 6.45) is 0. The van der Waals surface area contributed by atoms with Gasteiger partial charge in [0.2, 0.25) is 11.8 Å². The third-order valence-corrected chi connectivity index (χ3v) is 5.65. The predicted molar refractivity (Wildman–Crippen MR) is 122 cm³/mol. The molecule has 4 aromatic rings. The van der Waals surface area contributed by atoms with Gasteiger partial charge in [0.15, 0.2) is 0 Å². The maximum absolute atomic E-state index is 9.84. The van der Waals surface area contributed by atoms with Gasteiger partial charge in [0, 0.05) is 5.02 Å².